The van der Waals surface area contributed by atoms with E-state index in [1.165, 1.54) is 0 Å². The van der Waals surface area contributed by atoms with Crippen molar-refractivity contribution in [2.45, 2.75) is 33.7 Å². The summed E-state index contributed by atoms with van der Waals surface area (Å²) in [5.41, 5.74) is 5.98. The Hall–Kier alpha value is -4.29. The summed E-state index contributed by atoms with van der Waals surface area (Å²) in [6.07, 6.45) is 0. The maximum Gasteiger partial charge on any atom is 0.308 e. The van der Waals surface area contributed by atoms with Crippen LogP contribution in [0.1, 0.15) is 51.7 Å². The molecule has 2 aromatic carbocycles. The minimum Gasteiger partial charge on any atom is -0.481 e. The first-order chi connectivity index (χ1) is 17.3. The molecular formula is C27H24N6O2S. The van der Waals surface area contributed by atoms with Crippen molar-refractivity contribution in [3.05, 3.63) is 87.3 Å². The molecule has 0 spiro atoms. The number of aromatic nitrogens is 3. The third-order valence-corrected chi connectivity index (χ3v) is 7.68. The zero-order valence-corrected chi connectivity index (χ0v) is 21.1. The molecule has 2 atom stereocenters. The monoisotopic (exact) mass is 496 g/mol. The second-order valence-corrected chi connectivity index (χ2v) is 10.1. The molecule has 0 bridgehead atoms. The molecule has 2 aromatic heterocycles. The number of carboxylic acids is 1. The smallest absolute Gasteiger partial charge is 0.308 e. The first-order valence-electron chi connectivity index (χ1n) is 11.5. The van der Waals surface area contributed by atoms with E-state index in [1.54, 1.807) is 30.4 Å². The Morgan fingerprint density at radius 2 is 1.89 bits per heavy atom. The number of fused-ring (bicyclic) bond motifs is 3. The van der Waals surface area contributed by atoms with Crippen molar-refractivity contribution in [1.82, 2.24) is 14.8 Å². The lowest BCUT2D eigenvalue weighted by Crippen LogP contribution is -2.21. The Bertz CT molecular complexity index is 1560. The van der Waals surface area contributed by atoms with Gasteiger partial charge in [-0.3, -0.25) is 14.4 Å². The maximum atomic E-state index is 12.0. The Morgan fingerprint density at radius 3 is 2.58 bits per heavy atom. The number of nitriles is 1. The first kappa shape index (κ1) is 23.5. The van der Waals surface area contributed by atoms with Crippen LogP contribution in [0.5, 0.6) is 0 Å². The van der Waals surface area contributed by atoms with Crippen LogP contribution in [0.15, 0.2) is 53.5 Å². The van der Waals surface area contributed by atoms with Crippen LogP contribution in [-0.4, -0.2) is 31.6 Å². The van der Waals surface area contributed by atoms with Gasteiger partial charge in [0.05, 0.1) is 23.3 Å². The van der Waals surface area contributed by atoms with Crippen molar-refractivity contribution in [2.75, 3.05) is 5.32 Å². The highest BCUT2D eigenvalue weighted by molar-refractivity contribution is 7.15. The van der Waals surface area contributed by atoms with Crippen LogP contribution in [0, 0.1) is 38.0 Å². The van der Waals surface area contributed by atoms with Crippen molar-refractivity contribution < 1.29 is 9.90 Å². The number of rotatable bonds is 5. The van der Waals surface area contributed by atoms with Gasteiger partial charge in [0.1, 0.15) is 16.9 Å². The van der Waals surface area contributed by atoms with Gasteiger partial charge >= 0.3 is 5.97 Å². The number of aryl methyl sites for hydroxylation is 2. The fraction of sp³-hybridized carbons (Fsp3) is 0.222. The molecule has 5 rings (SSSR count). The van der Waals surface area contributed by atoms with Gasteiger partial charge in [-0.1, -0.05) is 18.2 Å². The van der Waals surface area contributed by atoms with Crippen LogP contribution in [0.2, 0.25) is 0 Å². The average molecular weight is 497 g/mol. The molecule has 0 saturated heterocycles. The largest absolute Gasteiger partial charge is 0.481 e. The topological polar surface area (TPSA) is 116 Å². The fourth-order valence-electron chi connectivity index (χ4n) is 4.36. The summed E-state index contributed by atoms with van der Waals surface area (Å²) in [5, 5.41) is 31.9. The summed E-state index contributed by atoms with van der Waals surface area (Å²) in [5.74, 6) is -0.486. The van der Waals surface area contributed by atoms with Crippen LogP contribution in [0.25, 0.3) is 5.00 Å². The SMILES string of the molecule is Cc1sc2c(c1C)C(c1ccc(Nc3cccc(C#N)c3)cc1)=N[C@@H](C(C)C(=O)O)c1nnc(C)n1-2. The molecule has 0 saturated carbocycles. The van der Waals surface area contributed by atoms with Gasteiger partial charge in [0, 0.05) is 27.4 Å². The van der Waals surface area contributed by atoms with Gasteiger partial charge in [-0.2, -0.15) is 5.26 Å². The molecule has 3 heterocycles. The van der Waals surface area contributed by atoms with Gasteiger partial charge < -0.3 is 10.4 Å². The quantitative estimate of drug-likeness (QED) is 0.378. The molecule has 0 aliphatic carbocycles. The highest BCUT2D eigenvalue weighted by Gasteiger charge is 2.36. The van der Waals surface area contributed by atoms with Crippen LogP contribution >= 0.6 is 11.3 Å². The summed E-state index contributed by atoms with van der Waals surface area (Å²) in [6, 6.07) is 16.6. The van der Waals surface area contributed by atoms with E-state index in [2.05, 4.69) is 35.4 Å². The molecule has 4 aromatic rings. The Labute approximate surface area is 212 Å². The van der Waals surface area contributed by atoms with Gasteiger partial charge in [0.2, 0.25) is 0 Å². The molecular weight excluding hydrogens is 472 g/mol. The molecule has 36 heavy (non-hydrogen) atoms. The molecule has 180 valence electrons. The number of thiophene rings is 1. The zero-order chi connectivity index (χ0) is 25.6. The molecule has 0 amide bonds. The Kier molecular flexibility index (Phi) is 5.90. The summed E-state index contributed by atoms with van der Waals surface area (Å²) < 4.78 is 1.96. The van der Waals surface area contributed by atoms with Gasteiger partial charge in [-0.25, -0.2) is 0 Å². The van der Waals surface area contributed by atoms with E-state index in [-0.39, 0.29) is 0 Å². The van der Waals surface area contributed by atoms with E-state index < -0.39 is 17.9 Å². The van der Waals surface area contributed by atoms with Crippen molar-refractivity contribution in [3.63, 3.8) is 0 Å². The molecule has 0 fully saturated rings. The predicted molar refractivity (Wildman–Crippen MR) is 140 cm³/mol. The first-order valence-corrected chi connectivity index (χ1v) is 12.3. The molecule has 1 aliphatic rings. The number of nitrogens with one attached hydrogen (secondary N) is 1. The lowest BCUT2D eigenvalue weighted by Gasteiger charge is -2.16. The van der Waals surface area contributed by atoms with Gasteiger partial charge in [-0.05, 0) is 63.6 Å². The molecule has 8 nitrogen and oxygen atoms in total. The third kappa shape index (κ3) is 3.95. The highest BCUT2D eigenvalue weighted by atomic mass is 32.1. The second kappa shape index (κ2) is 9.06. The second-order valence-electron chi connectivity index (χ2n) is 8.85. The number of aliphatic imine (C=N–C) groups is 1. The average Bonchev–Trinajstić information content (AvgIpc) is 3.34. The van der Waals surface area contributed by atoms with Gasteiger partial charge in [-0.15, -0.1) is 21.5 Å². The number of carboxylic acid groups (broad SMARTS) is 1. The van der Waals surface area contributed by atoms with E-state index >= 15 is 0 Å². The summed E-state index contributed by atoms with van der Waals surface area (Å²) in [7, 11) is 0. The number of hydrogen-bond donors (Lipinski definition) is 2. The minimum atomic E-state index is -0.937. The lowest BCUT2D eigenvalue weighted by molar-refractivity contribution is -0.141. The maximum absolute atomic E-state index is 12.0. The standard InChI is InChI=1S/C27H24N6O2S/c1-14-16(3)36-26-22(14)24(30-23(15(2)27(34)35)25-32-31-17(4)33(25)26)19-8-10-20(11-9-19)29-21-7-5-6-18(12-21)13-28/h5-12,15,23,29H,1-4H3,(H,34,35)/t15?,23-/m0/s1. The summed E-state index contributed by atoms with van der Waals surface area (Å²) >= 11 is 1.64. The summed E-state index contributed by atoms with van der Waals surface area (Å²) in [4.78, 5) is 18.2. The molecule has 0 radical (unpaired) electrons. The van der Waals surface area contributed by atoms with Crippen molar-refractivity contribution in [1.29, 1.82) is 5.26 Å². The molecule has 1 aliphatic heterocycles. The normalized spacial score (nSPS) is 15.2. The van der Waals surface area contributed by atoms with Crippen molar-refractivity contribution in [2.24, 2.45) is 10.9 Å². The minimum absolute atomic E-state index is 0.538. The zero-order valence-electron chi connectivity index (χ0n) is 20.3. The molecule has 2 N–H and O–H groups in total. The van der Waals surface area contributed by atoms with Crippen LogP contribution in [0.4, 0.5) is 11.4 Å². The number of benzene rings is 2. The van der Waals surface area contributed by atoms with E-state index in [4.69, 9.17) is 10.3 Å². The molecule has 1 unspecified atom stereocenters. The Balaban J connectivity index is 1.62. The fourth-order valence-corrected chi connectivity index (χ4v) is 5.58. The molecule has 9 heteroatoms. The van der Waals surface area contributed by atoms with E-state index in [0.29, 0.717) is 17.2 Å². The van der Waals surface area contributed by atoms with E-state index in [1.807, 2.05) is 47.9 Å². The predicted octanol–water partition coefficient (Wildman–Crippen LogP) is 5.48. The van der Waals surface area contributed by atoms with Gasteiger partial charge in [0.25, 0.3) is 0 Å². The van der Waals surface area contributed by atoms with Gasteiger partial charge in [0.15, 0.2) is 5.82 Å². The lowest BCUT2D eigenvalue weighted by atomic mass is 9.98. The van der Waals surface area contributed by atoms with Crippen LogP contribution in [-0.2, 0) is 4.79 Å². The van der Waals surface area contributed by atoms with E-state index in [0.717, 1.165) is 43.7 Å². The van der Waals surface area contributed by atoms with Crippen LogP contribution in [0.3, 0.4) is 0 Å². The Morgan fingerprint density at radius 1 is 1.14 bits per heavy atom. The summed E-state index contributed by atoms with van der Waals surface area (Å²) in [6.45, 7) is 7.67. The number of nitrogens with zero attached hydrogens (tertiary/aromatic N) is 5. The number of carbonyl (C=O) groups is 1. The highest BCUT2D eigenvalue weighted by Crippen LogP contribution is 2.40. The number of anilines is 2. The third-order valence-electron chi connectivity index (χ3n) is 6.49. The number of aliphatic carboxylic acids is 1. The van der Waals surface area contributed by atoms with Crippen LogP contribution < -0.4 is 5.32 Å². The number of hydrogen-bond acceptors (Lipinski definition) is 7. The van der Waals surface area contributed by atoms with E-state index in [9.17, 15) is 9.90 Å². The van der Waals surface area contributed by atoms with Crippen molar-refractivity contribution >= 4 is 34.4 Å². The van der Waals surface area contributed by atoms with Crippen molar-refractivity contribution in [3.8, 4) is 11.1 Å².